The monoisotopic (exact) mass is 893 g/mol. The first-order valence-electron chi connectivity index (χ1n) is 24.2. The number of hydrogen-bond donors (Lipinski definition) is 0. The highest BCUT2D eigenvalue weighted by atomic mass is 32.1. The van der Waals surface area contributed by atoms with Crippen molar-refractivity contribution in [3.8, 4) is 22.9 Å². The summed E-state index contributed by atoms with van der Waals surface area (Å²) in [6, 6.07) is 68.2. The maximum absolute atomic E-state index is 7.37. The second kappa shape index (κ2) is 14.7. The highest BCUT2D eigenvalue weighted by Gasteiger charge is 2.43. The lowest BCUT2D eigenvalue weighted by molar-refractivity contribution is 0.483. The molecule has 0 unspecified atom stereocenters. The van der Waals surface area contributed by atoms with E-state index in [4.69, 9.17) is 4.74 Å². The van der Waals surface area contributed by atoms with Gasteiger partial charge in [-0.1, -0.05) is 137 Å². The Morgan fingerprint density at radius 1 is 0.485 bits per heavy atom. The molecule has 2 aliphatic heterocycles. The molecule has 0 aliphatic carbocycles. The van der Waals surface area contributed by atoms with Crippen LogP contribution in [0.5, 0.6) is 11.5 Å². The minimum absolute atomic E-state index is 0.0618. The van der Waals surface area contributed by atoms with Gasteiger partial charge in [-0.05, 0) is 119 Å². The first-order chi connectivity index (χ1) is 33.3. The van der Waals surface area contributed by atoms with Crippen molar-refractivity contribution in [2.24, 2.45) is 0 Å². The molecule has 0 saturated carbocycles. The van der Waals surface area contributed by atoms with Crippen LogP contribution in [0.2, 0.25) is 0 Å². The van der Waals surface area contributed by atoms with Crippen molar-refractivity contribution in [3.05, 3.63) is 193 Å². The van der Waals surface area contributed by atoms with E-state index in [2.05, 4.69) is 224 Å². The lowest BCUT2D eigenvalue weighted by atomic mass is 9.34. The highest BCUT2D eigenvalue weighted by molar-refractivity contribution is 7.25. The Kier molecular flexibility index (Phi) is 8.58. The van der Waals surface area contributed by atoms with Gasteiger partial charge < -0.3 is 18.8 Å². The fourth-order valence-corrected chi connectivity index (χ4v) is 12.8. The number of anilines is 3. The largest absolute Gasteiger partial charge is 0.458 e. The van der Waals surface area contributed by atoms with E-state index in [0.29, 0.717) is 0 Å². The number of benzene rings is 9. The van der Waals surface area contributed by atoms with Crippen LogP contribution in [0.4, 0.5) is 17.1 Å². The van der Waals surface area contributed by atoms with Crippen LogP contribution >= 0.6 is 11.3 Å². The normalized spacial score (nSPS) is 13.2. The van der Waals surface area contributed by atoms with Crippen molar-refractivity contribution in [2.75, 3.05) is 4.90 Å². The van der Waals surface area contributed by atoms with Gasteiger partial charge in [0.05, 0.1) is 22.1 Å². The highest BCUT2D eigenvalue weighted by Crippen LogP contribution is 2.48. The molecule has 0 atom stereocenters. The lowest BCUT2D eigenvalue weighted by Crippen LogP contribution is -2.59. The minimum atomic E-state index is -0.148. The zero-order valence-electron chi connectivity index (χ0n) is 38.7. The zero-order valence-corrected chi connectivity index (χ0v) is 39.5. The van der Waals surface area contributed by atoms with Crippen molar-refractivity contribution in [1.29, 1.82) is 0 Å². The van der Waals surface area contributed by atoms with Gasteiger partial charge in [0.25, 0.3) is 6.71 Å². The standard InChI is InChI=1S/C62H48BN3OS/c1-5-6-17-38-32-60-47(46-22-11-16-27-59(46)68-60)37-54(38)66-55-35-40(64-50-23-12-7-18-42(50)43-19-8-13-24-51(43)64)28-30-48(55)63-49-31-29-41(65-52-25-14-9-20-44(52)45-21-10-15-26-53(45)65)36-57(49)67-58-34-39(62(2,3)4)33-56(66)61(58)63/h7-16,18-37H,5-6,17H2,1-4H3. The fourth-order valence-electron chi connectivity index (χ4n) is 11.7. The molecular formula is C62H48BN3OS. The molecule has 68 heavy (non-hydrogen) atoms. The number of rotatable bonds is 6. The van der Waals surface area contributed by atoms with E-state index in [-0.39, 0.29) is 12.1 Å². The second-order valence-electron chi connectivity index (χ2n) is 19.9. The molecule has 12 aromatic rings. The molecule has 0 fully saturated rings. The molecule has 5 heterocycles. The van der Waals surface area contributed by atoms with Crippen LogP contribution in [0.15, 0.2) is 182 Å². The number of fused-ring (bicyclic) bond motifs is 13. The molecule has 0 amide bonds. The van der Waals surface area contributed by atoms with E-state index >= 15 is 0 Å². The number of ether oxygens (including phenoxy) is 1. The summed E-state index contributed by atoms with van der Waals surface area (Å²) in [6.07, 6.45) is 3.22. The molecule has 0 spiro atoms. The predicted molar refractivity (Wildman–Crippen MR) is 291 cm³/mol. The predicted octanol–water partition coefficient (Wildman–Crippen LogP) is 15.3. The van der Waals surface area contributed by atoms with Crippen LogP contribution in [-0.4, -0.2) is 15.8 Å². The van der Waals surface area contributed by atoms with Crippen LogP contribution in [0.1, 0.15) is 51.7 Å². The lowest BCUT2D eigenvalue weighted by Gasteiger charge is -2.42. The number of aryl methyl sites for hydroxylation is 1. The molecule has 0 radical (unpaired) electrons. The van der Waals surface area contributed by atoms with Crippen molar-refractivity contribution >= 4 is 115 Å². The molecule has 4 nitrogen and oxygen atoms in total. The Morgan fingerprint density at radius 3 is 1.65 bits per heavy atom. The van der Waals surface area contributed by atoms with Crippen LogP contribution in [-0.2, 0) is 11.8 Å². The molecule has 2 aliphatic rings. The van der Waals surface area contributed by atoms with E-state index in [1.165, 1.54) is 108 Å². The molecule has 0 saturated heterocycles. The van der Waals surface area contributed by atoms with E-state index in [0.717, 1.165) is 42.1 Å². The van der Waals surface area contributed by atoms with Gasteiger partial charge in [0.2, 0.25) is 0 Å². The molecule has 6 heteroatoms. The summed E-state index contributed by atoms with van der Waals surface area (Å²) in [6.45, 7) is 9.23. The van der Waals surface area contributed by atoms with Gasteiger partial charge in [-0.3, -0.25) is 0 Å². The SMILES string of the molecule is CCCCc1cc2sc3ccccc3c2cc1N1c2cc(-n3c4ccccc4c4ccccc43)ccc2B2c3ccc(-n4c5ccccc5c5ccccc54)cc3Oc3cc(C(C)(C)C)cc1c32. The Balaban J connectivity index is 1.07. The Morgan fingerprint density at radius 2 is 1.04 bits per heavy atom. The Bertz CT molecular complexity index is 3960. The first-order valence-corrected chi connectivity index (χ1v) is 25.0. The number of unbranched alkanes of at least 4 members (excludes halogenated alkanes) is 1. The molecule has 14 rings (SSSR count). The van der Waals surface area contributed by atoms with Gasteiger partial charge in [-0.25, -0.2) is 0 Å². The van der Waals surface area contributed by atoms with Gasteiger partial charge in [-0.2, -0.15) is 0 Å². The quantitative estimate of drug-likeness (QED) is 0.155. The number of aromatic nitrogens is 2. The number of hydrogen-bond acceptors (Lipinski definition) is 3. The summed E-state index contributed by atoms with van der Waals surface area (Å²) in [7, 11) is 0. The number of thiophene rings is 1. The van der Waals surface area contributed by atoms with Crippen molar-refractivity contribution in [2.45, 2.75) is 52.4 Å². The van der Waals surface area contributed by atoms with Crippen LogP contribution in [0.3, 0.4) is 0 Å². The van der Waals surface area contributed by atoms with E-state index in [1.807, 2.05) is 11.3 Å². The molecule has 0 N–H and O–H groups in total. The molecular weight excluding hydrogens is 846 g/mol. The summed E-state index contributed by atoms with van der Waals surface area (Å²) in [5.74, 6) is 1.84. The maximum Gasteiger partial charge on any atom is 0.256 e. The Hall–Kier alpha value is -7.54. The maximum atomic E-state index is 7.37. The number of nitrogens with zero attached hydrogens (tertiary/aromatic N) is 3. The van der Waals surface area contributed by atoms with Gasteiger partial charge >= 0.3 is 0 Å². The van der Waals surface area contributed by atoms with Gasteiger partial charge in [0, 0.05) is 76.2 Å². The molecule has 0 bridgehead atoms. The molecule has 9 aromatic carbocycles. The summed E-state index contributed by atoms with van der Waals surface area (Å²) < 4.78 is 14.9. The van der Waals surface area contributed by atoms with Crippen LogP contribution < -0.4 is 26.0 Å². The second-order valence-corrected chi connectivity index (χ2v) is 21.0. The van der Waals surface area contributed by atoms with E-state index in [9.17, 15) is 0 Å². The van der Waals surface area contributed by atoms with Crippen LogP contribution in [0.25, 0.3) is 75.2 Å². The first kappa shape index (κ1) is 39.6. The van der Waals surface area contributed by atoms with E-state index < -0.39 is 0 Å². The molecule has 3 aromatic heterocycles. The third-order valence-corrected chi connectivity index (χ3v) is 16.0. The average Bonchev–Trinajstić information content (AvgIpc) is 4.02. The van der Waals surface area contributed by atoms with Crippen LogP contribution in [0, 0.1) is 0 Å². The van der Waals surface area contributed by atoms with Crippen molar-refractivity contribution in [1.82, 2.24) is 9.13 Å². The Labute approximate surface area is 400 Å². The smallest absolute Gasteiger partial charge is 0.256 e. The minimum Gasteiger partial charge on any atom is -0.458 e. The number of para-hydroxylation sites is 4. The average molecular weight is 894 g/mol. The zero-order chi connectivity index (χ0) is 45.4. The summed E-state index contributed by atoms with van der Waals surface area (Å²) in [5.41, 5.74) is 16.8. The summed E-state index contributed by atoms with van der Waals surface area (Å²) in [4.78, 5) is 2.63. The topological polar surface area (TPSA) is 22.3 Å². The van der Waals surface area contributed by atoms with Crippen molar-refractivity contribution < 1.29 is 4.74 Å². The van der Waals surface area contributed by atoms with Gasteiger partial charge in [-0.15, -0.1) is 11.3 Å². The van der Waals surface area contributed by atoms with Gasteiger partial charge in [0.1, 0.15) is 11.5 Å². The summed E-state index contributed by atoms with van der Waals surface area (Å²) in [5, 5.41) is 7.64. The van der Waals surface area contributed by atoms with Crippen molar-refractivity contribution in [3.63, 3.8) is 0 Å². The molecule has 326 valence electrons. The third-order valence-electron chi connectivity index (χ3n) is 14.9. The van der Waals surface area contributed by atoms with E-state index in [1.54, 1.807) is 0 Å². The third kappa shape index (κ3) is 5.74. The van der Waals surface area contributed by atoms with Gasteiger partial charge in [0.15, 0.2) is 0 Å². The fraction of sp³-hybridized carbons (Fsp3) is 0.129. The summed E-state index contributed by atoms with van der Waals surface area (Å²) >= 11 is 1.91.